The Hall–Kier alpha value is -2.63. The molecule has 3 atom stereocenters. The normalized spacial score (nSPS) is 14.3. The van der Waals surface area contributed by atoms with Crippen molar-refractivity contribution in [2.45, 2.75) is 52.4 Å². The van der Waals surface area contributed by atoms with Crippen LogP contribution in [0.5, 0.6) is 5.75 Å². The second-order valence-electron chi connectivity index (χ2n) is 7.83. The first-order chi connectivity index (χ1) is 14.5. The molecule has 31 heavy (non-hydrogen) atoms. The van der Waals surface area contributed by atoms with Gasteiger partial charge in [0.1, 0.15) is 17.1 Å². The van der Waals surface area contributed by atoms with Crippen LogP contribution in [0, 0.1) is 13.8 Å². The number of carbonyl (C=O) groups excluding carboxylic acids is 2. The number of phenols is 1. The lowest BCUT2D eigenvalue weighted by atomic mass is 9.92. The average molecular weight is 447 g/mol. The molecule has 0 heterocycles. The van der Waals surface area contributed by atoms with Gasteiger partial charge in [-0.05, 0) is 81.0 Å². The van der Waals surface area contributed by atoms with Crippen molar-refractivity contribution >= 4 is 20.3 Å². The molecule has 168 valence electrons. The minimum Gasteiger partial charge on any atom is -0.507 e. The Kier molecular flexibility index (Phi) is 8.04. The van der Waals surface area contributed by atoms with Gasteiger partial charge in [-0.15, -0.1) is 0 Å². The molecule has 0 aromatic heterocycles. The standard InChI is InChI=1S/C23H30NO6P/c1-6-30-22(27)15(4)24-21(26)19-12-16(7-8-20(19)25)11-18-13(2)9-17(10-14(18)3)23(5,28)31-29/h7-10,12,15,25,28H,6,11,31H2,1-5H3,(H,24,26). The first kappa shape index (κ1) is 24.6. The summed E-state index contributed by atoms with van der Waals surface area (Å²) in [7, 11) is -1.39. The van der Waals surface area contributed by atoms with Gasteiger partial charge in [-0.1, -0.05) is 18.2 Å². The summed E-state index contributed by atoms with van der Waals surface area (Å²) in [6.07, 6.45) is 0.498. The number of hydrogen-bond donors (Lipinski definition) is 3. The van der Waals surface area contributed by atoms with E-state index >= 15 is 0 Å². The summed E-state index contributed by atoms with van der Waals surface area (Å²) in [5.74, 6) is -1.30. The molecule has 3 N–H and O–H groups in total. The van der Waals surface area contributed by atoms with Crippen LogP contribution in [-0.4, -0.2) is 34.7 Å². The zero-order valence-corrected chi connectivity index (χ0v) is 19.6. The Morgan fingerprint density at radius 3 is 2.35 bits per heavy atom. The number of aromatic hydroxyl groups is 1. The third kappa shape index (κ3) is 5.96. The van der Waals surface area contributed by atoms with Crippen LogP contribution in [0.2, 0.25) is 0 Å². The number of rotatable bonds is 8. The van der Waals surface area contributed by atoms with Crippen molar-refractivity contribution in [3.05, 3.63) is 63.7 Å². The highest BCUT2D eigenvalue weighted by atomic mass is 31.1. The molecule has 0 saturated carbocycles. The summed E-state index contributed by atoms with van der Waals surface area (Å²) >= 11 is 0. The first-order valence-electron chi connectivity index (χ1n) is 10.1. The number of amides is 1. The number of phenolic OH excluding ortho intramolecular Hbond substituents is 1. The Morgan fingerprint density at radius 1 is 1.19 bits per heavy atom. The molecule has 0 bridgehead atoms. The number of benzene rings is 2. The number of esters is 1. The van der Waals surface area contributed by atoms with Crippen LogP contribution in [0.1, 0.15) is 58.9 Å². The molecule has 0 saturated heterocycles. The minimum atomic E-state index is -1.39. The van der Waals surface area contributed by atoms with Crippen molar-refractivity contribution in [2.75, 3.05) is 6.61 Å². The molecule has 0 spiro atoms. The maximum absolute atomic E-state index is 12.6. The van der Waals surface area contributed by atoms with Crippen LogP contribution >= 0.6 is 8.46 Å². The van der Waals surface area contributed by atoms with E-state index in [1.807, 2.05) is 26.0 Å². The summed E-state index contributed by atoms with van der Waals surface area (Å²) in [5, 5.41) is 21.7. The summed E-state index contributed by atoms with van der Waals surface area (Å²) in [6, 6.07) is 7.57. The number of ether oxygens (including phenoxy) is 1. The summed E-state index contributed by atoms with van der Waals surface area (Å²) < 4.78 is 16.3. The Bertz CT molecular complexity index is 979. The van der Waals surface area contributed by atoms with Gasteiger partial charge < -0.3 is 24.8 Å². The highest BCUT2D eigenvalue weighted by Gasteiger charge is 2.23. The molecule has 2 aromatic carbocycles. The smallest absolute Gasteiger partial charge is 0.328 e. The van der Waals surface area contributed by atoms with Crippen LogP contribution in [0.25, 0.3) is 0 Å². The van der Waals surface area contributed by atoms with Crippen LogP contribution < -0.4 is 5.32 Å². The van der Waals surface area contributed by atoms with E-state index in [1.165, 1.54) is 19.9 Å². The van der Waals surface area contributed by atoms with Crippen LogP contribution in [-0.2, 0) is 25.9 Å². The van der Waals surface area contributed by atoms with Gasteiger partial charge in [-0.25, -0.2) is 4.79 Å². The SMILES string of the molecule is CCOC(=O)C(C)NC(=O)c1cc(Cc2c(C)cc(C(C)(O)[PH2]=O)cc2C)ccc1O. The van der Waals surface area contributed by atoms with Gasteiger partial charge in [0.2, 0.25) is 0 Å². The lowest BCUT2D eigenvalue weighted by Gasteiger charge is -2.21. The zero-order chi connectivity index (χ0) is 23.3. The molecular weight excluding hydrogens is 417 g/mol. The van der Waals surface area contributed by atoms with Crippen molar-refractivity contribution in [1.82, 2.24) is 5.32 Å². The average Bonchev–Trinajstić information content (AvgIpc) is 2.71. The van der Waals surface area contributed by atoms with Gasteiger partial charge >= 0.3 is 5.97 Å². The number of nitrogens with one attached hydrogen (secondary N) is 1. The van der Waals surface area contributed by atoms with E-state index < -0.39 is 31.7 Å². The van der Waals surface area contributed by atoms with E-state index in [4.69, 9.17) is 4.74 Å². The topological polar surface area (TPSA) is 113 Å². The van der Waals surface area contributed by atoms with E-state index in [-0.39, 0.29) is 17.9 Å². The molecule has 7 nitrogen and oxygen atoms in total. The molecule has 2 aromatic rings. The number of aliphatic hydroxyl groups is 1. The number of aryl methyl sites for hydroxylation is 2. The quantitative estimate of drug-likeness (QED) is 0.423. The fourth-order valence-corrected chi connectivity index (χ4v) is 3.61. The Labute approximate surface area is 183 Å². The van der Waals surface area contributed by atoms with E-state index in [0.29, 0.717) is 12.0 Å². The highest BCUT2D eigenvalue weighted by molar-refractivity contribution is 7.25. The van der Waals surface area contributed by atoms with Crippen LogP contribution in [0.3, 0.4) is 0 Å². The van der Waals surface area contributed by atoms with E-state index in [2.05, 4.69) is 5.32 Å². The van der Waals surface area contributed by atoms with Crippen molar-refractivity contribution in [2.24, 2.45) is 0 Å². The fraction of sp³-hybridized carbons (Fsp3) is 0.391. The first-order valence-corrected chi connectivity index (χ1v) is 11.1. The summed E-state index contributed by atoms with van der Waals surface area (Å²) in [4.78, 5) is 24.3. The largest absolute Gasteiger partial charge is 0.507 e. The maximum atomic E-state index is 12.6. The van der Waals surface area contributed by atoms with Gasteiger partial charge in [-0.2, -0.15) is 0 Å². The molecule has 2 rings (SSSR count). The van der Waals surface area contributed by atoms with Crippen molar-refractivity contribution in [1.29, 1.82) is 0 Å². The Morgan fingerprint density at radius 2 is 1.81 bits per heavy atom. The lowest BCUT2D eigenvalue weighted by molar-refractivity contribution is -0.144. The monoisotopic (exact) mass is 447 g/mol. The molecular formula is C23H30NO6P. The van der Waals surface area contributed by atoms with Gasteiger partial charge in [0.25, 0.3) is 5.91 Å². The maximum Gasteiger partial charge on any atom is 0.328 e. The highest BCUT2D eigenvalue weighted by Crippen LogP contribution is 2.34. The third-order valence-electron chi connectivity index (χ3n) is 5.18. The second kappa shape index (κ2) is 10.1. The molecule has 3 unspecified atom stereocenters. The number of carbonyl (C=O) groups is 2. The Balaban J connectivity index is 2.29. The fourth-order valence-electron chi connectivity index (χ4n) is 3.31. The molecule has 0 aliphatic carbocycles. The molecule has 0 aliphatic rings. The van der Waals surface area contributed by atoms with Gasteiger partial charge in [0.15, 0.2) is 0 Å². The second-order valence-corrected chi connectivity index (χ2v) is 9.19. The molecule has 0 radical (unpaired) electrons. The van der Waals surface area contributed by atoms with Crippen LogP contribution in [0.4, 0.5) is 0 Å². The number of hydrogen-bond acceptors (Lipinski definition) is 6. The van der Waals surface area contributed by atoms with E-state index in [9.17, 15) is 24.4 Å². The van der Waals surface area contributed by atoms with Gasteiger partial charge in [-0.3, -0.25) is 4.79 Å². The van der Waals surface area contributed by atoms with Crippen molar-refractivity contribution in [3.8, 4) is 5.75 Å². The minimum absolute atomic E-state index is 0.0680. The predicted molar refractivity (Wildman–Crippen MR) is 120 cm³/mol. The molecule has 8 heteroatoms. The van der Waals surface area contributed by atoms with Crippen LogP contribution in [0.15, 0.2) is 30.3 Å². The molecule has 0 fully saturated rings. The van der Waals surface area contributed by atoms with Gasteiger partial charge in [0, 0.05) is 0 Å². The predicted octanol–water partition coefficient (Wildman–Crippen LogP) is 3.20. The van der Waals surface area contributed by atoms with Crippen molar-refractivity contribution in [3.63, 3.8) is 0 Å². The van der Waals surface area contributed by atoms with Crippen molar-refractivity contribution < 1.29 is 29.1 Å². The lowest BCUT2D eigenvalue weighted by Crippen LogP contribution is -2.39. The van der Waals surface area contributed by atoms with E-state index in [1.54, 1.807) is 19.1 Å². The molecule has 0 aliphatic heterocycles. The van der Waals surface area contributed by atoms with E-state index in [0.717, 1.165) is 22.3 Å². The summed E-state index contributed by atoms with van der Waals surface area (Å²) in [6.45, 7) is 8.77. The van der Waals surface area contributed by atoms with Gasteiger partial charge in [0.05, 0.1) is 20.6 Å². The molecule has 1 amide bonds. The summed E-state index contributed by atoms with van der Waals surface area (Å²) in [5.41, 5.74) is 4.34. The zero-order valence-electron chi connectivity index (χ0n) is 18.5. The third-order valence-corrected chi connectivity index (χ3v) is 5.98.